The molecule has 0 amide bonds. The molecule has 9 heteroatoms. The third-order valence-corrected chi connectivity index (χ3v) is 11.4. The van der Waals surface area contributed by atoms with Crippen molar-refractivity contribution in [3.8, 4) is 0 Å². The number of aromatic nitrogens is 2. The van der Waals surface area contributed by atoms with E-state index >= 15 is 0 Å². The van der Waals surface area contributed by atoms with Crippen LogP contribution in [0.25, 0.3) is 23.9 Å². The third-order valence-electron chi connectivity index (χ3n) is 11.0. The zero-order valence-electron chi connectivity index (χ0n) is 28.9. The molecule has 50 heavy (non-hydrogen) atoms. The Labute approximate surface area is 304 Å². The third kappa shape index (κ3) is 7.15. The van der Waals surface area contributed by atoms with Gasteiger partial charge in [0.2, 0.25) is 0 Å². The van der Waals surface area contributed by atoms with E-state index in [9.17, 15) is 10.1 Å². The van der Waals surface area contributed by atoms with Crippen molar-refractivity contribution < 1.29 is 4.92 Å². The summed E-state index contributed by atoms with van der Waals surface area (Å²) in [6, 6.07) is 17.8. The van der Waals surface area contributed by atoms with E-state index in [4.69, 9.17) is 28.2 Å². The molecule has 2 aliphatic carbocycles. The first-order valence-electron chi connectivity index (χ1n) is 17.6. The van der Waals surface area contributed by atoms with Gasteiger partial charge in [-0.25, -0.2) is 0 Å². The molecule has 2 aromatic heterocycles. The molecule has 0 N–H and O–H groups in total. The number of nitrogens with zero attached hydrogens (tertiary/aromatic N) is 5. The van der Waals surface area contributed by atoms with Crippen LogP contribution in [0.5, 0.6) is 0 Å². The number of likely N-dealkylation sites (tertiary alicyclic amines) is 2. The predicted octanol–water partition coefficient (Wildman–Crippen LogP) is 9.30. The van der Waals surface area contributed by atoms with Crippen LogP contribution in [0.3, 0.4) is 0 Å². The van der Waals surface area contributed by atoms with Gasteiger partial charge in [0.15, 0.2) is 0 Å². The van der Waals surface area contributed by atoms with Gasteiger partial charge >= 0.3 is 0 Å². The molecule has 8 rings (SSSR count). The summed E-state index contributed by atoms with van der Waals surface area (Å²) in [5.74, 6) is 1.44. The Hall–Kier alpha value is -3.88. The SMILES string of the molecule is CN1CCC(C2c3ccc(Cl)cc3C([N+](=O)[O-])=Cc3cccnc32)CC1.Cc1cnc2c(c1)C=Cc1cc(Cl)ccc1C2C1CCN(C)CC1. The maximum Gasteiger partial charge on any atom is 0.277 e. The zero-order valence-corrected chi connectivity index (χ0v) is 30.4. The van der Waals surface area contributed by atoms with Gasteiger partial charge in [-0.1, -0.05) is 53.6 Å². The Morgan fingerprint density at radius 1 is 0.740 bits per heavy atom. The fraction of sp³-hybridized carbons (Fsp3) is 0.366. The Balaban J connectivity index is 0.000000157. The van der Waals surface area contributed by atoms with Crippen LogP contribution in [0.15, 0.2) is 67.0 Å². The Morgan fingerprint density at radius 3 is 1.98 bits per heavy atom. The van der Waals surface area contributed by atoms with Crippen molar-refractivity contribution in [1.82, 2.24) is 19.8 Å². The van der Waals surface area contributed by atoms with Crippen LogP contribution in [0.4, 0.5) is 0 Å². The fourth-order valence-corrected chi connectivity index (χ4v) is 8.68. The lowest BCUT2D eigenvalue weighted by Gasteiger charge is -2.35. The summed E-state index contributed by atoms with van der Waals surface area (Å²) in [7, 11) is 4.35. The normalized spacial score (nSPS) is 20.9. The molecule has 4 aromatic rings. The maximum absolute atomic E-state index is 11.8. The van der Waals surface area contributed by atoms with E-state index < -0.39 is 0 Å². The number of halogens is 2. The molecule has 258 valence electrons. The highest BCUT2D eigenvalue weighted by atomic mass is 35.5. The van der Waals surface area contributed by atoms with Crippen molar-refractivity contribution in [3.63, 3.8) is 0 Å². The minimum absolute atomic E-state index is 0.0425. The van der Waals surface area contributed by atoms with E-state index in [1.807, 2.05) is 36.5 Å². The number of pyridine rings is 2. The summed E-state index contributed by atoms with van der Waals surface area (Å²) in [4.78, 5) is 25.8. The van der Waals surface area contributed by atoms with Crippen LogP contribution in [0.2, 0.25) is 10.0 Å². The van der Waals surface area contributed by atoms with Crippen LogP contribution in [-0.4, -0.2) is 65.0 Å². The summed E-state index contributed by atoms with van der Waals surface area (Å²) < 4.78 is 0. The molecule has 0 bridgehead atoms. The lowest BCUT2D eigenvalue weighted by Crippen LogP contribution is -2.33. The van der Waals surface area contributed by atoms with Crippen molar-refractivity contribution in [3.05, 3.63) is 137 Å². The molecular formula is C41H43Cl2N5O2. The number of piperidine rings is 2. The second-order valence-corrected chi connectivity index (χ2v) is 15.2. The molecule has 7 nitrogen and oxygen atoms in total. The summed E-state index contributed by atoms with van der Waals surface area (Å²) in [5.41, 5.74) is 9.74. The first-order valence-corrected chi connectivity index (χ1v) is 18.3. The van der Waals surface area contributed by atoms with Crippen LogP contribution in [0.1, 0.15) is 87.9 Å². The number of hydrogen-bond donors (Lipinski definition) is 0. The Morgan fingerprint density at radius 2 is 1.32 bits per heavy atom. The largest absolute Gasteiger partial charge is 0.306 e. The molecule has 2 aromatic carbocycles. The molecule has 0 radical (unpaired) electrons. The lowest BCUT2D eigenvalue weighted by atomic mass is 9.76. The van der Waals surface area contributed by atoms with E-state index in [1.165, 1.54) is 53.9 Å². The molecular weight excluding hydrogens is 665 g/mol. The molecule has 2 atom stereocenters. The monoisotopic (exact) mass is 707 g/mol. The summed E-state index contributed by atoms with van der Waals surface area (Å²) >= 11 is 12.5. The number of rotatable bonds is 3. The molecule has 2 aliphatic heterocycles. The van der Waals surface area contributed by atoms with Gasteiger partial charge in [0.05, 0.1) is 21.9 Å². The van der Waals surface area contributed by atoms with Crippen molar-refractivity contribution in [2.45, 2.75) is 44.4 Å². The van der Waals surface area contributed by atoms with Crippen molar-refractivity contribution in [2.75, 3.05) is 40.3 Å². The van der Waals surface area contributed by atoms with Crippen LogP contribution >= 0.6 is 23.2 Å². The van der Waals surface area contributed by atoms with E-state index in [2.05, 4.69) is 66.2 Å². The van der Waals surface area contributed by atoms with Gasteiger partial charge in [0.1, 0.15) is 0 Å². The molecule has 2 fully saturated rings. The molecule has 0 saturated carbocycles. The number of aryl methyl sites for hydroxylation is 1. The van der Waals surface area contributed by atoms with Gasteiger partial charge in [-0.05, 0) is 149 Å². The van der Waals surface area contributed by atoms with Gasteiger partial charge in [0, 0.05) is 45.9 Å². The average Bonchev–Trinajstić information content (AvgIpc) is 3.35. The quantitative estimate of drug-likeness (QED) is 0.156. The topological polar surface area (TPSA) is 75.4 Å². The summed E-state index contributed by atoms with van der Waals surface area (Å²) in [6.07, 6.45) is 14.4. The van der Waals surface area contributed by atoms with Gasteiger partial charge in [-0.15, -0.1) is 0 Å². The Kier molecular flexibility index (Phi) is 10.2. The van der Waals surface area contributed by atoms with Crippen molar-refractivity contribution in [1.29, 1.82) is 0 Å². The van der Waals surface area contributed by atoms with Gasteiger partial charge in [-0.2, -0.15) is 0 Å². The highest BCUT2D eigenvalue weighted by Gasteiger charge is 2.37. The first kappa shape index (κ1) is 34.6. The second-order valence-electron chi connectivity index (χ2n) is 14.3. The molecule has 2 unspecified atom stereocenters. The van der Waals surface area contributed by atoms with E-state index in [0.29, 0.717) is 28.3 Å². The first-order chi connectivity index (χ1) is 24.2. The van der Waals surface area contributed by atoms with Crippen LogP contribution in [0, 0.1) is 28.9 Å². The molecule has 0 spiro atoms. The summed E-state index contributed by atoms with van der Waals surface area (Å²) in [5, 5.41) is 13.1. The number of nitro groups is 1. The minimum Gasteiger partial charge on any atom is -0.306 e. The van der Waals surface area contributed by atoms with E-state index in [1.54, 1.807) is 18.3 Å². The van der Waals surface area contributed by atoms with E-state index in [-0.39, 0.29) is 16.5 Å². The number of hydrogen-bond acceptors (Lipinski definition) is 6. The predicted molar refractivity (Wildman–Crippen MR) is 204 cm³/mol. The van der Waals surface area contributed by atoms with Crippen molar-refractivity contribution in [2.24, 2.45) is 11.8 Å². The van der Waals surface area contributed by atoms with Gasteiger partial charge in [-0.3, -0.25) is 20.1 Å². The van der Waals surface area contributed by atoms with E-state index in [0.717, 1.165) is 47.8 Å². The van der Waals surface area contributed by atoms with Crippen LogP contribution < -0.4 is 0 Å². The number of fused-ring (bicyclic) bond motifs is 4. The highest BCUT2D eigenvalue weighted by molar-refractivity contribution is 6.31. The van der Waals surface area contributed by atoms with Gasteiger partial charge < -0.3 is 9.80 Å². The zero-order chi connectivity index (χ0) is 34.9. The Bertz CT molecular complexity index is 1910. The fourth-order valence-electron chi connectivity index (χ4n) is 8.33. The molecule has 4 aliphatic rings. The van der Waals surface area contributed by atoms with Gasteiger partial charge in [0.25, 0.3) is 5.70 Å². The highest BCUT2D eigenvalue weighted by Crippen LogP contribution is 2.45. The smallest absolute Gasteiger partial charge is 0.277 e. The minimum atomic E-state index is -0.316. The maximum atomic E-state index is 11.8. The number of benzene rings is 2. The lowest BCUT2D eigenvalue weighted by molar-refractivity contribution is -0.374. The summed E-state index contributed by atoms with van der Waals surface area (Å²) in [6.45, 7) is 6.50. The van der Waals surface area contributed by atoms with Crippen molar-refractivity contribution >= 4 is 47.1 Å². The molecule has 4 heterocycles. The average molecular weight is 709 g/mol. The molecule has 2 saturated heterocycles. The second kappa shape index (κ2) is 14.8. The van der Waals surface area contributed by atoms with Crippen LogP contribution in [-0.2, 0) is 0 Å². The standard InChI is InChI=1S/C21H23ClN2.C20H20ClN3O2/c1-14-11-17-4-3-16-12-18(22)5-6-19(16)20(21(17)23-13-14)15-7-9-24(2)10-8-15;1-23-9-6-13(7-10-23)19-16-5-4-15(21)12-17(16)18(24(25)26)11-14-3-2-8-22-20(14)19/h3-6,11-13,15,20H,7-10H2,1-2H3;2-5,8,11-13,19H,6-7,9-10H2,1H3.